The highest BCUT2D eigenvalue weighted by molar-refractivity contribution is 6.35. The Labute approximate surface area is 98.0 Å². The van der Waals surface area contributed by atoms with Crippen molar-refractivity contribution in [1.82, 2.24) is 4.98 Å². The Bertz CT molecular complexity index is 540. The van der Waals surface area contributed by atoms with E-state index in [0.717, 1.165) is 10.9 Å². The summed E-state index contributed by atoms with van der Waals surface area (Å²) in [6, 6.07) is 6.83. The number of fused-ring (bicyclic) bond motifs is 1. The second-order valence-electron chi connectivity index (χ2n) is 3.25. The number of hydrogen-bond acceptors (Lipinski definition) is 3. The van der Waals surface area contributed by atoms with Gasteiger partial charge in [0.15, 0.2) is 0 Å². The van der Waals surface area contributed by atoms with Crippen molar-refractivity contribution in [2.45, 2.75) is 6.92 Å². The molecule has 1 aromatic heterocycles. The van der Waals surface area contributed by atoms with Crippen LogP contribution in [0, 0.1) is 0 Å². The van der Waals surface area contributed by atoms with Crippen molar-refractivity contribution in [3.05, 3.63) is 41.0 Å². The van der Waals surface area contributed by atoms with Gasteiger partial charge in [0.1, 0.15) is 0 Å². The Hall–Kier alpha value is -1.61. The topological polar surface area (TPSA) is 39.2 Å². The van der Waals surface area contributed by atoms with Gasteiger partial charge in [0, 0.05) is 11.6 Å². The van der Waals surface area contributed by atoms with Crippen LogP contribution in [-0.4, -0.2) is 17.6 Å². The molecule has 16 heavy (non-hydrogen) atoms. The number of aromatic nitrogens is 1. The maximum Gasteiger partial charge on any atom is 0.338 e. The molecule has 0 aliphatic rings. The zero-order valence-electron chi connectivity index (χ0n) is 8.74. The Kier molecular flexibility index (Phi) is 3.06. The van der Waals surface area contributed by atoms with Crippen molar-refractivity contribution in [2.24, 2.45) is 0 Å². The molecule has 4 heteroatoms. The number of ether oxygens (including phenoxy) is 1. The van der Waals surface area contributed by atoms with E-state index in [-0.39, 0.29) is 5.97 Å². The quantitative estimate of drug-likeness (QED) is 0.751. The predicted octanol–water partition coefficient (Wildman–Crippen LogP) is 3.06. The van der Waals surface area contributed by atoms with E-state index >= 15 is 0 Å². The van der Waals surface area contributed by atoms with Gasteiger partial charge in [-0.05, 0) is 31.2 Å². The molecule has 0 unspecified atom stereocenters. The Morgan fingerprint density at radius 1 is 1.44 bits per heavy atom. The van der Waals surface area contributed by atoms with Crippen molar-refractivity contribution < 1.29 is 9.53 Å². The zero-order chi connectivity index (χ0) is 11.5. The molecule has 1 aromatic carbocycles. The number of rotatable bonds is 2. The van der Waals surface area contributed by atoms with E-state index in [1.165, 1.54) is 0 Å². The van der Waals surface area contributed by atoms with E-state index in [1.54, 1.807) is 37.4 Å². The minimum atomic E-state index is -0.343. The van der Waals surface area contributed by atoms with E-state index in [0.29, 0.717) is 17.2 Å². The first-order valence-electron chi connectivity index (χ1n) is 4.93. The summed E-state index contributed by atoms with van der Waals surface area (Å²) in [6.45, 7) is 2.13. The van der Waals surface area contributed by atoms with Gasteiger partial charge in [-0.3, -0.25) is 4.98 Å². The normalized spacial score (nSPS) is 10.4. The molecule has 0 amide bonds. The van der Waals surface area contributed by atoms with Gasteiger partial charge in [-0.15, -0.1) is 0 Å². The summed E-state index contributed by atoms with van der Waals surface area (Å²) in [4.78, 5) is 15.7. The van der Waals surface area contributed by atoms with Crippen LogP contribution in [0.15, 0.2) is 30.5 Å². The van der Waals surface area contributed by atoms with Crippen LogP contribution >= 0.6 is 11.6 Å². The number of pyridine rings is 1. The van der Waals surface area contributed by atoms with Crippen LogP contribution in [0.25, 0.3) is 10.9 Å². The van der Waals surface area contributed by atoms with Crippen LogP contribution in [0.5, 0.6) is 0 Å². The summed E-state index contributed by atoms with van der Waals surface area (Å²) in [5.74, 6) is -0.343. The molecule has 0 bridgehead atoms. The molecule has 0 fully saturated rings. The third-order valence-corrected chi connectivity index (χ3v) is 2.53. The van der Waals surface area contributed by atoms with Crippen molar-refractivity contribution in [3.8, 4) is 0 Å². The molecule has 0 N–H and O–H groups in total. The molecule has 2 aromatic rings. The maximum atomic E-state index is 11.5. The lowest BCUT2D eigenvalue weighted by molar-refractivity contribution is 0.0526. The fourth-order valence-corrected chi connectivity index (χ4v) is 1.66. The molecule has 0 atom stereocenters. The first-order chi connectivity index (χ1) is 7.72. The van der Waals surface area contributed by atoms with Gasteiger partial charge in [-0.2, -0.15) is 0 Å². The van der Waals surface area contributed by atoms with Gasteiger partial charge >= 0.3 is 5.97 Å². The van der Waals surface area contributed by atoms with Gasteiger partial charge in [0.25, 0.3) is 0 Å². The second kappa shape index (κ2) is 4.49. The highest BCUT2D eigenvalue weighted by Gasteiger charge is 2.08. The monoisotopic (exact) mass is 235 g/mol. The highest BCUT2D eigenvalue weighted by Crippen LogP contribution is 2.22. The Morgan fingerprint density at radius 2 is 2.25 bits per heavy atom. The lowest BCUT2D eigenvalue weighted by Crippen LogP contribution is -2.04. The molecule has 0 radical (unpaired) electrons. The Balaban J connectivity index is 2.51. The SMILES string of the molecule is CCOC(=O)c1ccc2nccc(Cl)c2c1. The summed E-state index contributed by atoms with van der Waals surface area (Å²) in [5.41, 5.74) is 1.25. The number of hydrogen-bond donors (Lipinski definition) is 0. The molecule has 0 saturated carbocycles. The average Bonchev–Trinajstić information content (AvgIpc) is 2.29. The number of carbonyl (C=O) groups excluding carboxylic acids is 1. The maximum absolute atomic E-state index is 11.5. The van der Waals surface area contributed by atoms with Crippen molar-refractivity contribution >= 4 is 28.5 Å². The fourth-order valence-electron chi connectivity index (χ4n) is 1.45. The van der Waals surface area contributed by atoms with Gasteiger partial charge in [0.2, 0.25) is 0 Å². The number of nitrogens with zero attached hydrogens (tertiary/aromatic N) is 1. The summed E-state index contributed by atoms with van der Waals surface area (Å²) >= 11 is 6.02. The molecular weight excluding hydrogens is 226 g/mol. The zero-order valence-corrected chi connectivity index (χ0v) is 9.49. The molecule has 1 heterocycles. The fraction of sp³-hybridized carbons (Fsp3) is 0.167. The van der Waals surface area contributed by atoms with E-state index in [9.17, 15) is 4.79 Å². The van der Waals surface area contributed by atoms with E-state index in [2.05, 4.69) is 4.98 Å². The molecule has 0 aliphatic heterocycles. The first-order valence-corrected chi connectivity index (χ1v) is 5.31. The van der Waals surface area contributed by atoms with Crippen LogP contribution in [0.4, 0.5) is 0 Å². The van der Waals surface area contributed by atoms with E-state index in [4.69, 9.17) is 16.3 Å². The Morgan fingerprint density at radius 3 is 3.00 bits per heavy atom. The molecule has 0 aliphatic carbocycles. The number of carbonyl (C=O) groups is 1. The van der Waals surface area contributed by atoms with Crippen LogP contribution in [-0.2, 0) is 4.74 Å². The second-order valence-corrected chi connectivity index (χ2v) is 3.65. The standard InChI is InChI=1S/C12H10ClNO2/c1-2-16-12(15)8-3-4-11-9(7-8)10(13)5-6-14-11/h3-7H,2H2,1H3. The largest absolute Gasteiger partial charge is 0.462 e. The minimum absolute atomic E-state index is 0.343. The van der Waals surface area contributed by atoms with Crippen LogP contribution in [0.2, 0.25) is 5.02 Å². The lowest BCUT2D eigenvalue weighted by Gasteiger charge is -2.04. The number of esters is 1. The first kappa shape index (κ1) is 10.9. The minimum Gasteiger partial charge on any atom is -0.462 e. The summed E-state index contributed by atoms with van der Waals surface area (Å²) in [5, 5.41) is 1.34. The van der Waals surface area contributed by atoms with Gasteiger partial charge in [-0.1, -0.05) is 11.6 Å². The summed E-state index contributed by atoms with van der Waals surface area (Å²) in [7, 11) is 0. The van der Waals surface area contributed by atoms with Gasteiger partial charge in [-0.25, -0.2) is 4.79 Å². The molecule has 0 saturated heterocycles. The number of halogens is 1. The lowest BCUT2D eigenvalue weighted by atomic mass is 10.1. The van der Waals surface area contributed by atoms with E-state index in [1.807, 2.05) is 0 Å². The smallest absolute Gasteiger partial charge is 0.338 e. The van der Waals surface area contributed by atoms with Gasteiger partial charge in [0.05, 0.1) is 22.7 Å². The average molecular weight is 236 g/mol. The van der Waals surface area contributed by atoms with Crippen molar-refractivity contribution in [2.75, 3.05) is 6.61 Å². The molecule has 82 valence electrons. The summed E-state index contributed by atoms with van der Waals surface area (Å²) in [6.07, 6.45) is 1.63. The van der Waals surface area contributed by atoms with Gasteiger partial charge < -0.3 is 4.74 Å². The highest BCUT2D eigenvalue weighted by atomic mass is 35.5. The van der Waals surface area contributed by atoms with Crippen LogP contribution in [0.3, 0.4) is 0 Å². The molecular formula is C12H10ClNO2. The van der Waals surface area contributed by atoms with Crippen molar-refractivity contribution in [3.63, 3.8) is 0 Å². The molecule has 3 nitrogen and oxygen atoms in total. The third kappa shape index (κ3) is 1.99. The third-order valence-electron chi connectivity index (χ3n) is 2.20. The van der Waals surface area contributed by atoms with Crippen LogP contribution < -0.4 is 0 Å². The predicted molar refractivity (Wildman–Crippen MR) is 62.7 cm³/mol. The number of benzene rings is 1. The van der Waals surface area contributed by atoms with Crippen LogP contribution in [0.1, 0.15) is 17.3 Å². The molecule has 0 spiro atoms. The summed E-state index contributed by atoms with van der Waals surface area (Å²) < 4.78 is 4.91. The molecule has 2 rings (SSSR count). The van der Waals surface area contributed by atoms with Crippen molar-refractivity contribution in [1.29, 1.82) is 0 Å². The van der Waals surface area contributed by atoms with E-state index < -0.39 is 0 Å².